The maximum Gasteiger partial charge on any atom is 0.228 e. The fraction of sp³-hybridized carbons (Fsp3) is 0.0556. The second-order valence-corrected chi connectivity index (χ2v) is 7.63. The molecule has 0 atom stereocenters. The molecule has 0 aliphatic rings. The summed E-state index contributed by atoms with van der Waals surface area (Å²) in [5.41, 5.74) is 2.35. The molecule has 1 heterocycles. The third-order valence-corrected chi connectivity index (χ3v) is 4.22. The lowest BCUT2D eigenvalue weighted by Crippen LogP contribution is -1.98. The van der Waals surface area contributed by atoms with Gasteiger partial charge in [-0.3, -0.25) is 0 Å². The summed E-state index contributed by atoms with van der Waals surface area (Å²) in [6.45, 7) is 0. The van der Waals surface area contributed by atoms with Gasteiger partial charge in [0.2, 0.25) is 9.68 Å². The highest BCUT2D eigenvalue weighted by molar-refractivity contribution is 6.66. The van der Waals surface area contributed by atoms with Crippen molar-refractivity contribution in [2.75, 3.05) is 0 Å². The minimum absolute atomic E-state index is 0.294. The summed E-state index contributed by atoms with van der Waals surface area (Å²) < 4.78 is 4.26. The molecule has 122 valence electrons. The molecule has 24 heavy (non-hydrogen) atoms. The normalized spacial score (nSPS) is 12.0. The third-order valence-electron chi connectivity index (χ3n) is 3.30. The molecule has 0 aliphatic heterocycles. The molecule has 0 unspecified atom stereocenters. The Morgan fingerprint density at radius 1 is 0.875 bits per heavy atom. The molecule has 0 amide bonds. The lowest BCUT2D eigenvalue weighted by Gasteiger charge is -2.10. The first-order valence-corrected chi connectivity index (χ1v) is 8.52. The average Bonchev–Trinajstić information content (AvgIpc) is 2.94. The monoisotopic (exact) mass is 397 g/mol. The topological polar surface area (TPSA) is 26.0 Å². The van der Waals surface area contributed by atoms with E-state index in [0.29, 0.717) is 22.4 Å². The van der Waals surface area contributed by atoms with Crippen LogP contribution >= 0.6 is 46.4 Å². The second-order valence-electron chi connectivity index (χ2n) is 4.99. The number of halogens is 4. The molecule has 1 aromatic heterocycles. The Bertz CT molecular complexity index is 849. The Hall–Kier alpha value is -1.45. The second kappa shape index (κ2) is 7.20. The van der Waals surface area contributed by atoms with E-state index in [1.807, 2.05) is 36.4 Å². The molecular weight excluding hydrogens is 388 g/mol. The number of benzene rings is 2. The zero-order valence-corrected chi connectivity index (χ0v) is 15.2. The van der Waals surface area contributed by atoms with Crippen LogP contribution < -0.4 is 0 Å². The highest BCUT2D eigenvalue weighted by atomic mass is 35.6. The van der Waals surface area contributed by atoms with Crippen molar-refractivity contribution < 1.29 is 4.42 Å². The highest BCUT2D eigenvalue weighted by Crippen LogP contribution is 2.38. The van der Waals surface area contributed by atoms with E-state index in [-0.39, 0.29) is 0 Å². The summed E-state index contributed by atoms with van der Waals surface area (Å²) in [4.78, 5) is 4.23. The largest absolute Gasteiger partial charge is 0.435 e. The molecule has 2 nitrogen and oxygen atoms in total. The zero-order chi connectivity index (χ0) is 17.2. The SMILES string of the molecule is Clc1nc(-c2ccc(C(Cl)(Cl)Cl)cc2)oc1C=Cc1ccccc1. The van der Waals surface area contributed by atoms with Gasteiger partial charge in [-0.25, -0.2) is 0 Å². The third kappa shape index (κ3) is 4.14. The summed E-state index contributed by atoms with van der Waals surface area (Å²) in [6, 6.07) is 16.8. The Balaban J connectivity index is 1.85. The first-order valence-electron chi connectivity index (χ1n) is 7.00. The predicted octanol–water partition coefficient (Wildman–Crippen LogP) is 6.99. The van der Waals surface area contributed by atoms with Gasteiger partial charge in [0.25, 0.3) is 0 Å². The average molecular weight is 399 g/mol. The quantitative estimate of drug-likeness (QED) is 0.444. The van der Waals surface area contributed by atoms with Gasteiger partial charge < -0.3 is 4.42 Å². The molecule has 6 heteroatoms. The molecule has 0 aliphatic carbocycles. The molecule has 3 rings (SSSR count). The van der Waals surface area contributed by atoms with Crippen LogP contribution in [-0.4, -0.2) is 4.98 Å². The number of rotatable bonds is 3. The van der Waals surface area contributed by atoms with Crippen molar-refractivity contribution in [3.05, 3.63) is 76.6 Å². The van der Waals surface area contributed by atoms with Crippen molar-refractivity contribution in [3.63, 3.8) is 0 Å². The first kappa shape index (κ1) is 17.4. The van der Waals surface area contributed by atoms with Gasteiger partial charge in [0.15, 0.2) is 10.9 Å². The molecule has 0 radical (unpaired) electrons. The first-order chi connectivity index (χ1) is 11.4. The van der Waals surface area contributed by atoms with Crippen molar-refractivity contribution in [1.82, 2.24) is 4.98 Å². The Labute approximate surface area is 159 Å². The van der Waals surface area contributed by atoms with Gasteiger partial charge in [-0.05, 0) is 23.8 Å². The lowest BCUT2D eigenvalue weighted by atomic mass is 10.1. The smallest absolute Gasteiger partial charge is 0.228 e. The van der Waals surface area contributed by atoms with Gasteiger partial charge in [-0.15, -0.1) is 0 Å². The molecule has 0 N–H and O–H groups in total. The number of hydrogen-bond acceptors (Lipinski definition) is 2. The summed E-state index contributed by atoms with van der Waals surface area (Å²) >= 11 is 23.7. The van der Waals surface area contributed by atoms with E-state index in [1.165, 1.54) is 0 Å². The molecule has 2 aromatic carbocycles. The van der Waals surface area contributed by atoms with Crippen molar-refractivity contribution >= 4 is 58.6 Å². The van der Waals surface area contributed by atoms with Crippen LogP contribution in [-0.2, 0) is 3.79 Å². The molecule has 0 bridgehead atoms. The summed E-state index contributed by atoms with van der Waals surface area (Å²) in [7, 11) is 0. The molecule has 0 spiro atoms. The van der Waals surface area contributed by atoms with Gasteiger partial charge in [0.1, 0.15) is 0 Å². The number of hydrogen-bond donors (Lipinski definition) is 0. The van der Waals surface area contributed by atoms with Crippen molar-refractivity contribution in [1.29, 1.82) is 0 Å². The van der Waals surface area contributed by atoms with E-state index in [0.717, 1.165) is 11.1 Å². The fourth-order valence-electron chi connectivity index (χ4n) is 2.08. The fourth-order valence-corrected chi connectivity index (χ4v) is 2.63. The predicted molar refractivity (Wildman–Crippen MR) is 102 cm³/mol. The number of oxazole rings is 1. The van der Waals surface area contributed by atoms with Crippen LogP contribution in [0.25, 0.3) is 23.6 Å². The van der Waals surface area contributed by atoms with E-state index in [4.69, 9.17) is 50.8 Å². The van der Waals surface area contributed by atoms with Gasteiger partial charge in [0, 0.05) is 11.1 Å². The van der Waals surface area contributed by atoms with Crippen LogP contribution in [0.4, 0.5) is 0 Å². The summed E-state index contributed by atoms with van der Waals surface area (Å²) in [5.74, 6) is 0.893. The van der Waals surface area contributed by atoms with Crippen LogP contribution in [0.5, 0.6) is 0 Å². The van der Waals surface area contributed by atoms with Crippen LogP contribution in [0.2, 0.25) is 5.15 Å². The van der Waals surface area contributed by atoms with Crippen LogP contribution in [0.3, 0.4) is 0 Å². The van der Waals surface area contributed by atoms with E-state index < -0.39 is 3.79 Å². The van der Waals surface area contributed by atoms with E-state index >= 15 is 0 Å². The molecule has 3 aromatic rings. The van der Waals surface area contributed by atoms with Gasteiger partial charge in [0.05, 0.1) is 0 Å². The zero-order valence-electron chi connectivity index (χ0n) is 12.2. The maximum absolute atomic E-state index is 6.15. The maximum atomic E-state index is 6.15. The molecule has 0 saturated heterocycles. The van der Waals surface area contributed by atoms with E-state index in [9.17, 15) is 0 Å². The molecule has 0 fully saturated rings. The number of alkyl halides is 3. The van der Waals surface area contributed by atoms with Crippen molar-refractivity contribution in [2.24, 2.45) is 0 Å². The highest BCUT2D eigenvalue weighted by Gasteiger charge is 2.22. The molecule has 0 saturated carbocycles. The number of aromatic nitrogens is 1. The van der Waals surface area contributed by atoms with E-state index in [2.05, 4.69) is 4.98 Å². The number of nitrogens with zero attached hydrogens (tertiary/aromatic N) is 1. The van der Waals surface area contributed by atoms with Gasteiger partial charge in [-0.1, -0.05) is 94.9 Å². The van der Waals surface area contributed by atoms with E-state index in [1.54, 1.807) is 30.3 Å². The van der Waals surface area contributed by atoms with Gasteiger partial charge >= 0.3 is 0 Å². The van der Waals surface area contributed by atoms with Crippen LogP contribution in [0, 0.1) is 0 Å². The van der Waals surface area contributed by atoms with Crippen LogP contribution in [0.15, 0.2) is 59.0 Å². The minimum Gasteiger partial charge on any atom is -0.435 e. The lowest BCUT2D eigenvalue weighted by molar-refractivity contribution is 0.565. The van der Waals surface area contributed by atoms with Crippen LogP contribution in [0.1, 0.15) is 16.9 Å². The Morgan fingerprint density at radius 2 is 1.54 bits per heavy atom. The Kier molecular flexibility index (Phi) is 5.21. The van der Waals surface area contributed by atoms with Crippen molar-refractivity contribution in [2.45, 2.75) is 3.79 Å². The van der Waals surface area contributed by atoms with Gasteiger partial charge in [-0.2, -0.15) is 4.98 Å². The minimum atomic E-state index is -1.46. The summed E-state index contributed by atoms with van der Waals surface area (Å²) in [6.07, 6.45) is 3.69. The Morgan fingerprint density at radius 3 is 2.17 bits per heavy atom. The summed E-state index contributed by atoms with van der Waals surface area (Å²) in [5, 5.41) is 0.294. The molecular formula is C18H11Cl4NO. The van der Waals surface area contributed by atoms with Crippen molar-refractivity contribution in [3.8, 4) is 11.5 Å². The standard InChI is InChI=1S/C18H11Cl4NO/c19-16-15(11-6-12-4-2-1-3-5-12)24-17(23-16)13-7-9-14(10-8-13)18(20,21)22/h1-11H.